The predicted molar refractivity (Wildman–Crippen MR) is 61.4 cm³/mol. The number of rotatable bonds is 3. The highest BCUT2D eigenvalue weighted by molar-refractivity contribution is 6.42. The zero-order valence-corrected chi connectivity index (χ0v) is 10.0. The van der Waals surface area contributed by atoms with Gasteiger partial charge >= 0.3 is 5.97 Å². The molecule has 0 fully saturated rings. The number of benzene rings is 1. The Morgan fingerprint density at radius 3 is 2.69 bits per heavy atom. The van der Waals surface area contributed by atoms with Crippen LogP contribution in [0.2, 0.25) is 10.0 Å². The smallest absolute Gasteiger partial charge is 0.314 e. The molecule has 0 aliphatic rings. The van der Waals surface area contributed by atoms with Crippen LogP contribution >= 0.6 is 23.2 Å². The van der Waals surface area contributed by atoms with Crippen molar-refractivity contribution < 1.29 is 9.53 Å². The number of esters is 1. The number of halogens is 2. The molecule has 1 rings (SSSR count). The fourth-order valence-electron chi connectivity index (χ4n) is 1.30. The van der Waals surface area contributed by atoms with Crippen molar-refractivity contribution in [3.05, 3.63) is 33.8 Å². The number of hydrogen-bond acceptors (Lipinski definition) is 3. The molecule has 5 heteroatoms. The second-order valence-corrected chi connectivity index (χ2v) is 3.93. The first-order chi connectivity index (χ1) is 7.60. The number of methoxy groups -OCH3 is 1. The van der Waals surface area contributed by atoms with Crippen molar-refractivity contribution in [3.63, 3.8) is 0 Å². The maximum atomic E-state index is 11.4. The maximum absolute atomic E-state index is 11.4. The minimum atomic E-state index is -0.621. The summed E-state index contributed by atoms with van der Waals surface area (Å²) >= 11 is 11.6. The molecule has 0 radical (unpaired) electrons. The summed E-state index contributed by atoms with van der Waals surface area (Å²) in [5.41, 5.74) is 0.628. The Morgan fingerprint density at radius 2 is 2.19 bits per heavy atom. The molecule has 0 saturated heterocycles. The Kier molecular flexibility index (Phi) is 4.60. The van der Waals surface area contributed by atoms with E-state index in [9.17, 15) is 4.79 Å². The summed E-state index contributed by atoms with van der Waals surface area (Å²) in [4.78, 5) is 11.4. The van der Waals surface area contributed by atoms with Gasteiger partial charge in [-0.3, -0.25) is 4.79 Å². The molecular formula is C11H9Cl2NO2. The van der Waals surface area contributed by atoms with Crippen LogP contribution in [0.25, 0.3) is 0 Å². The van der Waals surface area contributed by atoms with Crippen molar-refractivity contribution in [2.45, 2.75) is 12.3 Å². The molecule has 0 aliphatic heterocycles. The van der Waals surface area contributed by atoms with Gasteiger partial charge in [-0.15, -0.1) is 0 Å². The molecule has 1 unspecified atom stereocenters. The molecule has 1 atom stereocenters. The number of hydrogen-bond donors (Lipinski definition) is 0. The molecule has 0 aromatic heterocycles. The Hall–Kier alpha value is -1.24. The van der Waals surface area contributed by atoms with Crippen molar-refractivity contribution in [2.75, 3.05) is 7.11 Å². The summed E-state index contributed by atoms with van der Waals surface area (Å²) in [5, 5.41) is 9.41. The van der Waals surface area contributed by atoms with E-state index in [2.05, 4.69) is 4.74 Å². The first kappa shape index (κ1) is 12.8. The maximum Gasteiger partial charge on any atom is 0.314 e. The molecule has 3 nitrogen and oxygen atoms in total. The van der Waals surface area contributed by atoms with E-state index in [0.717, 1.165) is 0 Å². The van der Waals surface area contributed by atoms with Crippen LogP contribution in [-0.4, -0.2) is 13.1 Å². The van der Waals surface area contributed by atoms with E-state index >= 15 is 0 Å². The van der Waals surface area contributed by atoms with E-state index in [0.29, 0.717) is 15.6 Å². The van der Waals surface area contributed by atoms with Crippen molar-refractivity contribution >= 4 is 29.2 Å². The Morgan fingerprint density at radius 1 is 1.50 bits per heavy atom. The van der Waals surface area contributed by atoms with Gasteiger partial charge in [0, 0.05) is 0 Å². The predicted octanol–water partition coefficient (Wildman–Crippen LogP) is 3.16. The molecule has 0 saturated carbocycles. The van der Waals surface area contributed by atoms with E-state index < -0.39 is 11.9 Å². The Bertz CT molecular complexity index is 440. The fraction of sp³-hybridized carbons (Fsp3) is 0.273. The van der Waals surface area contributed by atoms with Gasteiger partial charge in [0.1, 0.15) is 0 Å². The van der Waals surface area contributed by atoms with Gasteiger partial charge in [-0.25, -0.2) is 0 Å². The molecule has 1 aromatic carbocycles. The van der Waals surface area contributed by atoms with Gasteiger partial charge in [-0.1, -0.05) is 29.3 Å². The molecule has 0 amide bonds. The zero-order valence-electron chi connectivity index (χ0n) is 8.54. The minimum absolute atomic E-state index is 0.0463. The lowest BCUT2D eigenvalue weighted by Gasteiger charge is -2.12. The van der Waals surface area contributed by atoms with Gasteiger partial charge in [0.25, 0.3) is 0 Å². The van der Waals surface area contributed by atoms with Crippen molar-refractivity contribution in [2.24, 2.45) is 0 Å². The highest BCUT2D eigenvalue weighted by Crippen LogP contribution is 2.28. The van der Waals surface area contributed by atoms with Gasteiger partial charge in [-0.05, 0) is 17.7 Å². The van der Waals surface area contributed by atoms with Gasteiger partial charge in [0.2, 0.25) is 0 Å². The SMILES string of the molecule is COC(=O)C(CC#N)c1ccc(Cl)c(Cl)c1. The number of carbonyl (C=O) groups excluding carboxylic acids is 1. The van der Waals surface area contributed by atoms with E-state index in [1.54, 1.807) is 18.2 Å². The topological polar surface area (TPSA) is 50.1 Å². The third kappa shape index (κ3) is 2.88. The van der Waals surface area contributed by atoms with Crippen molar-refractivity contribution in [1.82, 2.24) is 0 Å². The summed E-state index contributed by atoms with van der Waals surface area (Å²) < 4.78 is 4.62. The molecule has 0 N–H and O–H groups in total. The monoisotopic (exact) mass is 257 g/mol. The third-order valence-electron chi connectivity index (χ3n) is 2.13. The quantitative estimate of drug-likeness (QED) is 0.782. The average molecular weight is 258 g/mol. The molecule has 0 bridgehead atoms. The first-order valence-electron chi connectivity index (χ1n) is 4.50. The second-order valence-electron chi connectivity index (χ2n) is 3.11. The first-order valence-corrected chi connectivity index (χ1v) is 5.25. The van der Waals surface area contributed by atoms with Crippen LogP contribution in [0.4, 0.5) is 0 Å². The van der Waals surface area contributed by atoms with Crippen LogP contribution in [0.5, 0.6) is 0 Å². The van der Waals surface area contributed by atoms with Gasteiger partial charge in [-0.2, -0.15) is 5.26 Å². The highest BCUT2D eigenvalue weighted by Gasteiger charge is 2.21. The van der Waals surface area contributed by atoms with Crippen LogP contribution in [0.15, 0.2) is 18.2 Å². The van der Waals surface area contributed by atoms with Crippen LogP contribution in [-0.2, 0) is 9.53 Å². The normalized spacial score (nSPS) is 11.6. The van der Waals surface area contributed by atoms with E-state index in [4.69, 9.17) is 28.5 Å². The standard InChI is InChI=1S/C11H9Cl2NO2/c1-16-11(15)8(4-5-14)7-2-3-9(12)10(13)6-7/h2-3,6,8H,4H2,1H3. The van der Waals surface area contributed by atoms with Gasteiger partial charge in [0.05, 0.1) is 35.6 Å². The van der Waals surface area contributed by atoms with Gasteiger partial charge < -0.3 is 4.74 Å². The fourth-order valence-corrected chi connectivity index (χ4v) is 1.61. The summed E-state index contributed by atoms with van der Waals surface area (Å²) in [6, 6.07) is 6.76. The lowest BCUT2D eigenvalue weighted by molar-refractivity contribution is -0.142. The Labute approximate surface area is 104 Å². The number of ether oxygens (including phenoxy) is 1. The van der Waals surface area contributed by atoms with E-state index in [1.807, 2.05) is 6.07 Å². The summed E-state index contributed by atoms with van der Waals surface area (Å²) in [5.74, 6) is -1.08. The van der Waals surface area contributed by atoms with Crippen LogP contribution in [0.1, 0.15) is 17.9 Å². The van der Waals surface area contributed by atoms with Crippen LogP contribution in [0.3, 0.4) is 0 Å². The number of carbonyl (C=O) groups is 1. The third-order valence-corrected chi connectivity index (χ3v) is 2.87. The molecule has 16 heavy (non-hydrogen) atoms. The highest BCUT2D eigenvalue weighted by atomic mass is 35.5. The summed E-state index contributed by atoms with van der Waals surface area (Å²) in [6.45, 7) is 0. The number of nitrogens with zero attached hydrogens (tertiary/aromatic N) is 1. The summed E-state index contributed by atoms with van der Waals surface area (Å²) in [7, 11) is 1.28. The Balaban J connectivity index is 3.07. The molecule has 1 aromatic rings. The minimum Gasteiger partial charge on any atom is -0.469 e. The molecule has 84 valence electrons. The second kappa shape index (κ2) is 5.74. The summed E-state index contributed by atoms with van der Waals surface area (Å²) in [6.07, 6.45) is 0.0463. The molecular weight excluding hydrogens is 249 g/mol. The van der Waals surface area contributed by atoms with Crippen molar-refractivity contribution in [3.8, 4) is 6.07 Å². The zero-order chi connectivity index (χ0) is 12.1. The lowest BCUT2D eigenvalue weighted by Crippen LogP contribution is -2.13. The molecule has 0 heterocycles. The lowest BCUT2D eigenvalue weighted by atomic mass is 9.96. The molecule has 0 spiro atoms. The van der Waals surface area contributed by atoms with E-state index in [1.165, 1.54) is 7.11 Å². The molecule has 0 aliphatic carbocycles. The van der Waals surface area contributed by atoms with E-state index in [-0.39, 0.29) is 6.42 Å². The largest absolute Gasteiger partial charge is 0.469 e. The van der Waals surface area contributed by atoms with Crippen LogP contribution < -0.4 is 0 Å². The average Bonchev–Trinajstić information content (AvgIpc) is 2.29. The van der Waals surface area contributed by atoms with Crippen molar-refractivity contribution in [1.29, 1.82) is 5.26 Å². The number of nitriles is 1. The van der Waals surface area contributed by atoms with Crippen LogP contribution in [0, 0.1) is 11.3 Å². The van der Waals surface area contributed by atoms with Gasteiger partial charge in [0.15, 0.2) is 0 Å².